The maximum Gasteiger partial charge on any atom is 0.361 e. The van der Waals surface area contributed by atoms with Gasteiger partial charge in [0, 0.05) is 12.8 Å². The minimum Gasteiger partial charge on any atom is -0.477 e. The second kappa shape index (κ2) is 72.7. The molecule has 0 aromatic heterocycles. The summed E-state index contributed by atoms with van der Waals surface area (Å²) >= 11 is 0. The van der Waals surface area contributed by atoms with Crippen molar-refractivity contribution in [2.24, 2.45) is 0 Å². The summed E-state index contributed by atoms with van der Waals surface area (Å²) in [5, 5.41) is 9.77. The number of allylic oxidation sites excluding steroid dienone is 26. The number of likely N-dealkylation sites (N-methyl/N-ethyl adjacent to an activating group) is 1. The molecule has 0 saturated heterocycles. The quantitative estimate of drug-likeness (QED) is 0.0211. The van der Waals surface area contributed by atoms with Crippen molar-refractivity contribution in [1.82, 2.24) is 0 Å². The molecule has 0 saturated carbocycles. The maximum atomic E-state index is 13.0. The molecule has 528 valence electrons. The predicted octanol–water partition coefficient (Wildman–Crippen LogP) is 24.0. The van der Waals surface area contributed by atoms with E-state index >= 15 is 0 Å². The average Bonchev–Trinajstić information content (AvgIpc) is 3.74. The second-order valence-corrected chi connectivity index (χ2v) is 25.8. The SMILES string of the molecule is CC/C=C\C/C=C\C/C=C\C/C=C\C/C=C\C/C=C\C/C=C\C/C=C\CCCCCCCCCCCCC(=O)OC(COC(=O)CCCCCCCCCCCCCCCCCCC/C=C\C/C=C\C/C=C\C/C=C\C/C=C\CC)COC(OCC[N+](C)(C)C)C(=O)O. The van der Waals surface area contributed by atoms with E-state index in [1.807, 2.05) is 21.1 Å². The first-order valence-electron chi connectivity index (χ1n) is 37.6. The zero-order valence-corrected chi connectivity index (χ0v) is 60.4. The zero-order chi connectivity index (χ0) is 67.5. The van der Waals surface area contributed by atoms with E-state index in [0.717, 1.165) is 128 Å². The largest absolute Gasteiger partial charge is 0.477 e. The number of quaternary nitrogens is 1. The molecule has 0 aromatic carbocycles. The lowest BCUT2D eigenvalue weighted by Crippen LogP contribution is -2.40. The van der Waals surface area contributed by atoms with Crippen LogP contribution in [0.2, 0.25) is 0 Å². The van der Waals surface area contributed by atoms with Gasteiger partial charge in [0.05, 0.1) is 34.4 Å². The van der Waals surface area contributed by atoms with E-state index in [4.69, 9.17) is 18.9 Å². The Hall–Kier alpha value is -5.09. The van der Waals surface area contributed by atoms with E-state index in [1.165, 1.54) is 135 Å². The Balaban J connectivity index is 4.12. The van der Waals surface area contributed by atoms with Crippen LogP contribution in [0, 0.1) is 0 Å². The van der Waals surface area contributed by atoms with Gasteiger partial charge in [-0.05, 0) is 122 Å². The summed E-state index contributed by atoms with van der Waals surface area (Å²) in [4.78, 5) is 37.7. The van der Waals surface area contributed by atoms with Gasteiger partial charge in [-0.25, -0.2) is 4.79 Å². The van der Waals surface area contributed by atoms with Gasteiger partial charge in [-0.15, -0.1) is 0 Å². The number of hydrogen-bond donors (Lipinski definition) is 1. The highest BCUT2D eigenvalue weighted by molar-refractivity contribution is 5.71. The number of ether oxygens (including phenoxy) is 4. The van der Waals surface area contributed by atoms with Crippen molar-refractivity contribution in [2.75, 3.05) is 47.5 Å². The van der Waals surface area contributed by atoms with Gasteiger partial charge in [-0.3, -0.25) is 9.59 Å². The summed E-state index contributed by atoms with van der Waals surface area (Å²) in [7, 11) is 5.97. The summed E-state index contributed by atoms with van der Waals surface area (Å²) in [5.41, 5.74) is 0. The van der Waals surface area contributed by atoms with Crippen LogP contribution in [0.25, 0.3) is 0 Å². The van der Waals surface area contributed by atoms with Crippen LogP contribution >= 0.6 is 0 Å². The number of nitrogens with zero attached hydrogens (tertiary/aromatic N) is 1. The molecule has 0 spiro atoms. The van der Waals surface area contributed by atoms with Crippen molar-refractivity contribution in [3.05, 3.63) is 158 Å². The topological polar surface area (TPSA) is 108 Å². The van der Waals surface area contributed by atoms with Crippen molar-refractivity contribution in [3.8, 4) is 0 Å². The second-order valence-electron chi connectivity index (χ2n) is 25.8. The first-order chi connectivity index (χ1) is 45.6. The molecule has 0 aliphatic carbocycles. The normalized spacial score (nSPS) is 13.6. The maximum absolute atomic E-state index is 13.0. The molecule has 93 heavy (non-hydrogen) atoms. The Morgan fingerprint density at radius 2 is 0.581 bits per heavy atom. The van der Waals surface area contributed by atoms with E-state index in [-0.39, 0.29) is 32.2 Å². The summed E-state index contributed by atoms with van der Waals surface area (Å²) in [6, 6.07) is 0. The number of carbonyl (C=O) groups excluding carboxylic acids is 2. The molecule has 0 amide bonds. The van der Waals surface area contributed by atoms with Crippen molar-refractivity contribution in [1.29, 1.82) is 0 Å². The zero-order valence-electron chi connectivity index (χ0n) is 60.4. The lowest BCUT2D eigenvalue weighted by molar-refractivity contribution is -0.870. The molecule has 9 nitrogen and oxygen atoms in total. The third-order valence-electron chi connectivity index (χ3n) is 15.8. The molecular weight excluding hydrogens is 1150 g/mol. The van der Waals surface area contributed by atoms with Crippen LogP contribution in [0.5, 0.6) is 0 Å². The lowest BCUT2D eigenvalue weighted by atomic mass is 10.0. The number of unbranched alkanes of at least 4 members (excludes halogenated alkanes) is 27. The monoisotopic (exact) mass is 1290 g/mol. The average molecular weight is 1290 g/mol. The van der Waals surface area contributed by atoms with Crippen LogP contribution in [0.3, 0.4) is 0 Å². The summed E-state index contributed by atoms with van der Waals surface area (Å²) in [6.45, 7) is 4.65. The van der Waals surface area contributed by atoms with Gasteiger partial charge in [-0.2, -0.15) is 0 Å². The standard InChI is InChI=1S/C84H139NO8/c1-6-8-10-12-14-16-18-20-22-24-26-28-30-32-34-36-38-40-41-43-45-47-49-51-53-55-57-59-61-63-65-67-69-71-73-75-82(87)93-80(79-92-84(83(88)89)90-77-76-85(3,4)5)78-91-81(86)74-72-70-68-66-64-62-60-58-56-54-52-50-48-46-44-42-39-37-35-33-31-29-27-25-23-21-19-17-15-13-11-9-7-2/h8-11,14-17,20-23,26-29,32-35,38,40,43,45,49,51,80,84H,6-7,12-13,18-19,24-25,30-31,36-37,39,41-42,44,46-48,50,52-79H2,1-5H3/p+1/b10-8-,11-9-,16-14-,17-15-,22-20-,23-21-,28-26-,29-27-,34-32-,35-33-,40-38-,45-43-,51-49-. The third-order valence-corrected chi connectivity index (χ3v) is 15.8. The molecule has 2 unspecified atom stereocenters. The highest BCUT2D eigenvalue weighted by atomic mass is 16.7. The van der Waals surface area contributed by atoms with Crippen LogP contribution in [-0.2, 0) is 33.3 Å². The molecule has 0 fully saturated rings. The summed E-state index contributed by atoms with van der Waals surface area (Å²) in [5.74, 6) is -2.01. The first kappa shape index (κ1) is 87.9. The van der Waals surface area contributed by atoms with E-state index < -0.39 is 24.3 Å². The van der Waals surface area contributed by atoms with E-state index in [0.29, 0.717) is 23.9 Å². The van der Waals surface area contributed by atoms with Crippen LogP contribution in [-0.4, -0.2) is 87.4 Å². The van der Waals surface area contributed by atoms with E-state index in [1.54, 1.807) is 0 Å². The molecule has 0 aromatic rings. The van der Waals surface area contributed by atoms with Gasteiger partial charge < -0.3 is 28.5 Å². The highest BCUT2D eigenvalue weighted by Crippen LogP contribution is 2.17. The molecule has 9 heteroatoms. The predicted molar refractivity (Wildman–Crippen MR) is 400 cm³/mol. The van der Waals surface area contributed by atoms with Crippen LogP contribution in [0.4, 0.5) is 0 Å². The Morgan fingerprint density at radius 1 is 0.323 bits per heavy atom. The van der Waals surface area contributed by atoms with Crippen molar-refractivity contribution in [2.45, 2.75) is 309 Å². The Kier molecular flexibility index (Phi) is 68.8. The van der Waals surface area contributed by atoms with Gasteiger partial charge >= 0.3 is 17.9 Å². The van der Waals surface area contributed by atoms with Crippen LogP contribution < -0.4 is 0 Å². The Morgan fingerprint density at radius 3 is 0.860 bits per heavy atom. The molecule has 0 aliphatic rings. The van der Waals surface area contributed by atoms with E-state index in [2.05, 4.69) is 172 Å². The number of carboxylic acid groups (broad SMARTS) is 1. The minimum atomic E-state index is -1.52. The van der Waals surface area contributed by atoms with Gasteiger partial charge in [0.1, 0.15) is 13.2 Å². The Labute approximate surface area is 572 Å². The third kappa shape index (κ3) is 74.2. The van der Waals surface area contributed by atoms with Gasteiger partial charge in [0.25, 0.3) is 6.29 Å². The number of aliphatic carboxylic acids is 1. The number of esters is 2. The fourth-order valence-corrected chi connectivity index (χ4v) is 10.1. The van der Waals surface area contributed by atoms with Crippen molar-refractivity contribution < 1.29 is 42.9 Å². The molecule has 0 radical (unpaired) electrons. The Bertz CT molecular complexity index is 2090. The smallest absolute Gasteiger partial charge is 0.361 e. The number of carbonyl (C=O) groups is 3. The molecule has 0 aliphatic heterocycles. The fourth-order valence-electron chi connectivity index (χ4n) is 10.1. The fraction of sp³-hybridized carbons (Fsp3) is 0.655. The molecule has 0 heterocycles. The van der Waals surface area contributed by atoms with Gasteiger partial charge in [0.15, 0.2) is 6.10 Å². The van der Waals surface area contributed by atoms with E-state index in [9.17, 15) is 19.5 Å². The number of carboxylic acids is 1. The summed E-state index contributed by atoms with van der Waals surface area (Å²) in [6.07, 6.45) is 105. The van der Waals surface area contributed by atoms with Crippen LogP contribution in [0.1, 0.15) is 296 Å². The van der Waals surface area contributed by atoms with Crippen molar-refractivity contribution in [3.63, 3.8) is 0 Å². The number of rotatable bonds is 68. The van der Waals surface area contributed by atoms with Gasteiger partial charge in [0.2, 0.25) is 0 Å². The lowest BCUT2D eigenvalue weighted by Gasteiger charge is -2.25. The minimum absolute atomic E-state index is 0.181. The molecule has 0 rings (SSSR count). The highest BCUT2D eigenvalue weighted by Gasteiger charge is 2.25. The number of hydrogen-bond acceptors (Lipinski definition) is 7. The summed E-state index contributed by atoms with van der Waals surface area (Å²) < 4.78 is 23.0. The van der Waals surface area contributed by atoms with Gasteiger partial charge in [-0.1, -0.05) is 320 Å². The molecule has 2 atom stereocenters. The van der Waals surface area contributed by atoms with Crippen molar-refractivity contribution >= 4 is 17.9 Å². The first-order valence-corrected chi connectivity index (χ1v) is 37.6. The molecule has 1 N–H and O–H groups in total. The molecular formula is C84H140NO8+. The van der Waals surface area contributed by atoms with Crippen LogP contribution in [0.15, 0.2) is 158 Å². The molecule has 0 bridgehead atoms.